The Kier molecular flexibility index (Phi) is 3.71. The van der Waals surface area contributed by atoms with Crippen LogP contribution in [0.1, 0.15) is 16.7 Å². The van der Waals surface area contributed by atoms with Gasteiger partial charge >= 0.3 is 0 Å². The summed E-state index contributed by atoms with van der Waals surface area (Å²) in [5.41, 5.74) is 10.6. The van der Waals surface area contributed by atoms with E-state index in [1.54, 1.807) is 0 Å². The van der Waals surface area contributed by atoms with Crippen molar-refractivity contribution in [3.05, 3.63) is 99.6 Å². The van der Waals surface area contributed by atoms with Gasteiger partial charge in [0.15, 0.2) is 0 Å². The van der Waals surface area contributed by atoms with E-state index >= 15 is 0 Å². The molecule has 0 unspecified atom stereocenters. The Bertz CT molecular complexity index is 1200. The summed E-state index contributed by atoms with van der Waals surface area (Å²) < 4.78 is 2.24. The van der Waals surface area contributed by atoms with Crippen LogP contribution in [-0.2, 0) is 0 Å². The molecule has 1 heteroatoms. The van der Waals surface area contributed by atoms with Crippen molar-refractivity contribution >= 4 is 38.9 Å². The fourth-order valence-electron chi connectivity index (χ4n) is 4.25. The predicted octanol–water partition coefficient (Wildman–Crippen LogP) is 7.62. The molecule has 1 aliphatic carbocycles. The summed E-state index contributed by atoms with van der Waals surface area (Å²) in [6, 6.07) is 28.7. The van der Waals surface area contributed by atoms with Crippen LogP contribution in [0.2, 0.25) is 0 Å². The van der Waals surface area contributed by atoms with Gasteiger partial charge in [0.2, 0.25) is 0 Å². The third-order valence-electron chi connectivity index (χ3n) is 5.33. The molecule has 0 atom stereocenters. The molecule has 0 spiro atoms. The quantitative estimate of drug-likeness (QED) is 0.216. The van der Waals surface area contributed by atoms with Crippen LogP contribution in [0.4, 0.5) is 0 Å². The minimum atomic E-state index is 1.30. The van der Waals surface area contributed by atoms with Gasteiger partial charge in [0, 0.05) is 0 Å². The van der Waals surface area contributed by atoms with Crippen LogP contribution < -0.4 is 0 Å². The second-order valence-corrected chi connectivity index (χ2v) is 7.40. The molecule has 0 bridgehead atoms. The largest absolute Gasteiger partial charge is 0.0616 e. The number of aryl methyl sites for hydroxylation is 1. The lowest BCUT2D eigenvalue weighted by molar-refractivity contribution is 1.45. The number of halogens is 1. The SMILES string of the molecule is Cc1cc2ccccc2c2c1/C(=C\I)c1ccccc1-c1ccccc1-2. The molecule has 124 valence electrons. The summed E-state index contributed by atoms with van der Waals surface area (Å²) >= 11 is 2.40. The number of rotatable bonds is 0. The Morgan fingerprint density at radius 3 is 1.96 bits per heavy atom. The molecular formula is C25H17I. The van der Waals surface area contributed by atoms with Gasteiger partial charge in [-0.1, -0.05) is 101 Å². The molecule has 0 radical (unpaired) electrons. The van der Waals surface area contributed by atoms with E-state index in [0.29, 0.717) is 0 Å². The zero-order valence-corrected chi connectivity index (χ0v) is 16.6. The Morgan fingerprint density at radius 1 is 0.654 bits per heavy atom. The summed E-state index contributed by atoms with van der Waals surface area (Å²) in [5.74, 6) is 0. The Labute approximate surface area is 167 Å². The van der Waals surface area contributed by atoms with Crippen molar-refractivity contribution < 1.29 is 0 Å². The maximum absolute atomic E-state index is 2.40. The van der Waals surface area contributed by atoms with Crippen molar-refractivity contribution in [2.75, 3.05) is 0 Å². The van der Waals surface area contributed by atoms with E-state index in [4.69, 9.17) is 0 Å². The van der Waals surface area contributed by atoms with Crippen LogP contribution in [0.15, 0.2) is 82.9 Å². The molecule has 4 aromatic carbocycles. The molecule has 0 aliphatic heterocycles. The van der Waals surface area contributed by atoms with Crippen LogP contribution >= 0.6 is 22.6 Å². The molecule has 5 rings (SSSR count). The van der Waals surface area contributed by atoms with Gasteiger partial charge in [-0.15, -0.1) is 0 Å². The topological polar surface area (TPSA) is 0 Å². The molecule has 0 amide bonds. The zero-order valence-electron chi connectivity index (χ0n) is 14.5. The van der Waals surface area contributed by atoms with Gasteiger partial charge in [-0.25, -0.2) is 0 Å². The second kappa shape index (κ2) is 6.10. The summed E-state index contributed by atoms with van der Waals surface area (Å²) in [6.45, 7) is 2.24. The summed E-state index contributed by atoms with van der Waals surface area (Å²) in [5, 5.41) is 2.63. The normalized spacial score (nSPS) is 13.8. The number of benzene rings is 4. The van der Waals surface area contributed by atoms with Gasteiger partial charge in [-0.05, 0) is 66.3 Å². The second-order valence-electron chi connectivity index (χ2n) is 6.78. The van der Waals surface area contributed by atoms with Crippen LogP contribution in [0.25, 0.3) is 38.6 Å². The predicted molar refractivity (Wildman–Crippen MR) is 121 cm³/mol. The van der Waals surface area contributed by atoms with Crippen molar-refractivity contribution in [1.82, 2.24) is 0 Å². The van der Waals surface area contributed by atoms with Gasteiger partial charge in [0.05, 0.1) is 0 Å². The fourth-order valence-corrected chi connectivity index (χ4v) is 4.90. The van der Waals surface area contributed by atoms with E-state index in [1.807, 2.05) is 0 Å². The highest BCUT2D eigenvalue weighted by Crippen LogP contribution is 2.49. The van der Waals surface area contributed by atoms with Crippen molar-refractivity contribution in [2.24, 2.45) is 0 Å². The number of hydrogen-bond acceptors (Lipinski definition) is 0. The van der Waals surface area contributed by atoms with Gasteiger partial charge in [-0.3, -0.25) is 0 Å². The zero-order chi connectivity index (χ0) is 17.7. The molecule has 0 heterocycles. The van der Waals surface area contributed by atoms with Gasteiger partial charge in [-0.2, -0.15) is 0 Å². The molecule has 0 nitrogen and oxygen atoms in total. The molecule has 1 aliphatic rings. The van der Waals surface area contributed by atoms with Crippen LogP contribution in [-0.4, -0.2) is 0 Å². The smallest absolute Gasteiger partial charge is 0.00175 e. The van der Waals surface area contributed by atoms with E-state index in [9.17, 15) is 0 Å². The van der Waals surface area contributed by atoms with Crippen LogP contribution in [0.5, 0.6) is 0 Å². The lowest BCUT2D eigenvalue weighted by Gasteiger charge is -2.17. The third-order valence-corrected chi connectivity index (χ3v) is 5.95. The molecular weight excluding hydrogens is 427 g/mol. The average molecular weight is 444 g/mol. The first-order valence-electron chi connectivity index (χ1n) is 8.82. The van der Waals surface area contributed by atoms with Crippen molar-refractivity contribution in [3.63, 3.8) is 0 Å². The summed E-state index contributed by atoms with van der Waals surface area (Å²) in [4.78, 5) is 0. The molecule has 0 saturated heterocycles. The highest BCUT2D eigenvalue weighted by molar-refractivity contribution is 14.1. The van der Waals surface area contributed by atoms with Crippen LogP contribution in [0, 0.1) is 6.92 Å². The van der Waals surface area contributed by atoms with E-state index in [-0.39, 0.29) is 0 Å². The lowest BCUT2D eigenvalue weighted by Crippen LogP contribution is -1.95. The van der Waals surface area contributed by atoms with Gasteiger partial charge in [0.25, 0.3) is 0 Å². The monoisotopic (exact) mass is 444 g/mol. The fraction of sp³-hybridized carbons (Fsp3) is 0.0400. The maximum atomic E-state index is 2.40. The first-order valence-corrected chi connectivity index (χ1v) is 10.1. The minimum absolute atomic E-state index is 1.30. The highest BCUT2D eigenvalue weighted by Gasteiger charge is 2.25. The lowest BCUT2D eigenvalue weighted by atomic mass is 9.86. The highest BCUT2D eigenvalue weighted by atomic mass is 127. The van der Waals surface area contributed by atoms with Gasteiger partial charge in [0.1, 0.15) is 0 Å². The molecule has 0 aromatic heterocycles. The van der Waals surface area contributed by atoms with E-state index in [1.165, 1.54) is 55.3 Å². The standard InChI is InChI=1S/C25H17I/c1-16-14-17-8-2-3-9-18(17)25-22-13-7-6-11-20(22)19-10-4-5-12-21(19)23(15-26)24(16)25/h2-15H,1H3/b23-15-. The van der Waals surface area contributed by atoms with Crippen molar-refractivity contribution in [3.8, 4) is 22.3 Å². The average Bonchev–Trinajstić information content (AvgIpc) is 2.81. The molecule has 4 aromatic rings. The van der Waals surface area contributed by atoms with Gasteiger partial charge < -0.3 is 0 Å². The van der Waals surface area contributed by atoms with E-state index < -0.39 is 0 Å². The summed E-state index contributed by atoms with van der Waals surface area (Å²) in [7, 11) is 0. The first-order chi connectivity index (χ1) is 12.8. The van der Waals surface area contributed by atoms with E-state index in [0.717, 1.165) is 0 Å². The Hall–Kier alpha value is -2.39. The van der Waals surface area contributed by atoms with E-state index in [2.05, 4.69) is 112 Å². The first kappa shape index (κ1) is 15.8. The molecule has 0 fully saturated rings. The Balaban J connectivity index is 2.08. The number of hydrogen-bond donors (Lipinski definition) is 0. The van der Waals surface area contributed by atoms with Crippen LogP contribution in [0.3, 0.4) is 0 Å². The maximum Gasteiger partial charge on any atom is -0.00175 e. The Morgan fingerprint density at radius 2 is 1.23 bits per heavy atom. The van der Waals surface area contributed by atoms with Crippen molar-refractivity contribution in [2.45, 2.75) is 6.92 Å². The summed E-state index contributed by atoms with van der Waals surface area (Å²) in [6.07, 6.45) is 0. The minimum Gasteiger partial charge on any atom is -0.0616 e. The van der Waals surface area contributed by atoms with Crippen molar-refractivity contribution in [1.29, 1.82) is 0 Å². The third kappa shape index (κ3) is 2.20. The number of fused-ring (bicyclic) bond motifs is 7. The molecule has 0 N–H and O–H groups in total. The molecule has 26 heavy (non-hydrogen) atoms. The molecule has 0 saturated carbocycles.